The van der Waals surface area contributed by atoms with Crippen LogP contribution in [0.4, 0.5) is 9.18 Å². The van der Waals surface area contributed by atoms with Crippen LogP contribution in [0.2, 0.25) is 0 Å². The number of aromatic nitrogens is 1. The van der Waals surface area contributed by atoms with E-state index in [1.54, 1.807) is 17.9 Å². The highest BCUT2D eigenvalue weighted by Crippen LogP contribution is 2.23. The highest BCUT2D eigenvalue weighted by Gasteiger charge is 2.25. The van der Waals surface area contributed by atoms with E-state index in [4.69, 9.17) is 4.74 Å². The fraction of sp³-hybridized carbons (Fsp3) is 0.444. The van der Waals surface area contributed by atoms with Gasteiger partial charge in [0.25, 0.3) is 5.91 Å². The molecule has 2 N–H and O–H groups in total. The number of nitrogens with zero attached hydrogens (tertiary/aromatic N) is 1. The molecule has 0 radical (unpaired) electrons. The molecule has 2 amide bonds. The molecule has 0 atom stereocenters. The number of fused-ring (bicyclic) bond motifs is 1. The Bertz CT molecular complexity index is 794. The summed E-state index contributed by atoms with van der Waals surface area (Å²) in [7, 11) is 0. The molecular formula is C18H22FN3O3. The summed E-state index contributed by atoms with van der Waals surface area (Å²) in [6.07, 6.45) is 1.05. The van der Waals surface area contributed by atoms with Crippen molar-refractivity contribution in [2.45, 2.75) is 32.7 Å². The van der Waals surface area contributed by atoms with Crippen molar-refractivity contribution in [2.24, 2.45) is 0 Å². The Labute approximate surface area is 145 Å². The third-order valence-corrected chi connectivity index (χ3v) is 4.60. The minimum atomic E-state index is -0.341. The molecule has 1 aromatic heterocycles. The predicted octanol–water partition coefficient (Wildman–Crippen LogP) is 2.97. The molecule has 0 aliphatic carbocycles. The number of ether oxygens (including phenoxy) is 1. The first-order valence-corrected chi connectivity index (χ1v) is 8.50. The van der Waals surface area contributed by atoms with E-state index >= 15 is 0 Å². The van der Waals surface area contributed by atoms with Gasteiger partial charge in [0.2, 0.25) is 0 Å². The van der Waals surface area contributed by atoms with Crippen LogP contribution >= 0.6 is 0 Å². The molecule has 1 aliphatic rings. The average Bonchev–Trinajstić information content (AvgIpc) is 2.92. The van der Waals surface area contributed by atoms with E-state index in [-0.39, 0.29) is 23.9 Å². The van der Waals surface area contributed by atoms with E-state index in [0.29, 0.717) is 43.7 Å². The van der Waals surface area contributed by atoms with Crippen molar-refractivity contribution in [3.05, 3.63) is 35.3 Å². The van der Waals surface area contributed by atoms with Crippen LogP contribution < -0.4 is 5.32 Å². The van der Waals surface area contributed by atoms with Crippen molar-refractivity contribution in [2.75, 3.05) is 19.7 Å². The molecule has 1 aliphatic heterocycles. The van der Waals surface area contributed by atoms with Crippen LogP contribution in [-0.2, 0) is 4.74 Å². The van der Waals surface area contributed by atoms with Gasteiger partial charge >= 0.3 is 6.09 Å². The summed E-state index contributed by atoms with van der Waals surface area (Å²) in [4.78, 5) is 28.9. The van der Waals surface area contributed by atoms with Crippen LogP contribution in [0.5, 0.6) is 0 Å². The van der Waals surface area contributed by atoms with Crippen molar-refractivity contribution >= 4 is 22.9 Å². The van der Waals surface area contributed by atoms with Crippen LogP contribution in [0.3, 0.4) is 0 Å². The summed E-state index contributed by atoms with van der Waals surface area (Å²) in [6, 6.07) is 4.44. The highest BCUT2D eigenvalue weighted by molar-refractivity contribution is 6.01. The SMILES string of the molecule is CCOC(=O)N1CCC(NC(=O)c2[nH]c3cc(F)ccc3c2C)CC1. The lowest BCUT2D eigenvalue weighted by molar-refractivity contribution is 0.0857. The van der Waals surface area contributed by atoms with Gasteiger partial charge in [-0.1, -0.05) is 0 Å². The first kappa shape index (κ1) is 17.3. The van der Waals surface area contributed by atoms with E-state index in [1.807, 2.05) is 6.92 Å². The Morgan fingerprint density at radius 1 is 1.36 bits per heavy atom. The monoisotopic (exact) mass is 347 g/mol. The number of aryl methyl sites for hydroxylation is 1. The van der Waals surface area contributed by atoms with E-state index in [0.717, 1.165) is 10.9 Å². The van der Waals surface area contributed by atoms with Crippen molar-refractivity contribution < 1.29 is 18.7 Å². The third-order valence-electron chi connectivity index (χ3n) is 4.60. The number of hydrogen-bond donors (Lipinski definition) is 2. The Balaban J connectivity index is 1.64. The minimum Gasteiger partial charge on any atom is -0.450 e. The molecule has 0 spiro atoms. The number of hydrogen-bond acceptors (Lipinski definition) is 3. The molecule has 0 bridgehead atoms. The van der Waals surface area contributed by atoms with Gasteiger partial charge in [-0.05, 0) is 50.5 Å². The summed E-state index contributed by atoms with van der Waals surface area (Å²) in [5, 5.41) is 3.84. The zero-order valence-electron chi connectivity index (χ0n) is 14.4. The summed E-state index contributed by atoms with van der Waals surface area (Å²) < 4.78 is 18.3. The molecular weight excluding hydrogens is 325 g/mol. The summed E-state index contributed by atoms with van der Waals surface area (Å²) in [5.74, 6) is -0.546. The lowest BCUT2D eigenvalue weighted by atomic mass is 10.0. The number of carbonyl (C=O) groups is 2. The van der Waals surface area contributed by atoms with E-state index < -0.39 is 0 Å². The van der Waals surface area contributed by atoms with Crippen molar-refractivity contribution in [3.8, 4) is 0 Å². The minimum absolute atomic E-state index is 0.000671. The molecule has 0 unspecified atom stereocenters. The van der Waals surface area contributed by atoms with Gasteiger partial charge in [-0.25, -0.2) is 9.18 Å². The van der Waals surface area contributed by atoms with Gasteiger partial charge in [0, 0.05) is 30.0 Å². The van der Waals surface area contributed by atoms with Gasteiger partial charge in [0.15, 0.2) is 0 Å². The number of H-pyrrole nitrogens is 1. The molecule has 2 aromatic rings. The normalized spacial score (nSPS) is 15.4. The maximum atomic E-state index is 13.3. The van der Waals surface area contributed by atoms with Gasteiger partial charge in [-0.3, -0.25) is 4.79 Å². The Morgan fingerprint density at radius 3 is 2.76 bits per heavy atom. The van der Waals surface area contributed by atoms with E-state index in [1.165, 1.54) is 12.1 Å². The van der Waals surface area contributed by atoms with Crippen molar-refractivity contribution in [1.82, 2.24) is 15.2 Å². The van der Waals surface area contributed by atoms with Crippen LogP contribution in [-0.4, -0.2) is 47.6 Å². The maximum Gasteiger partial charge on any atom is 0.409 e. The Morgan fingerprint density at radius 2 is 2.08 bits per heavy atom. The topological polar surface area (TPSA) is 74.4 Å². The standard InChI is InChI=1S/C18H22FN3O3/c1-3-25-18(24)22-8-6-13(7-9-22)20-17(23)16-11(2)14-5-4-12(19)10-15(14)21-16/h4-5,10,13,21H,3,6-9H2,1-2H3,(H,20,23). The molecule has 1 aromatic carbocycles. The van der Waals surface area contributed by atoms with E-state index in [2.05, 4.69) is 10.3 Å². The summed E-state index contributed by atoms with van der Waals surface area (Å²) >= 11 is 0. The number of carbonyl (C=O) groups excluding carboxylic acids is 2. The zero-order chi connectivity index (χ0) is 18.0. The van der Waals surface area contributed by atoms with Gasteiger partial charge < -0.3 is 19.9 Å². The Hall–Kier alpha value is -2.57. The largest absolute Gasteiger partial charge is 0.450 e. The number of halogens is 1. The number of rotatable bonds is 3. The van der Waals surface area contributed by atoms with Gasteiger partial charge in [-0.2, -0.15) is 0 Å². The van der Waals surface area contributed by atoms with Crippen molar-refractivity contribution in [1.29, 1.82) is 0 Å². The van der Waals surface area contributed by atoms with Crippen LogP contribution in [0.15, 0.2) is 18.2 Å². The second kappa shape index (κ2) is 7.13. The molecule has 7 heteroatoms. The summed E-state index contributed by atoms with van der Waals surface area (Å²) in [6.45, 7) is 5.09. The van der Waals surface area contributed by atoms with E-state index in [9.17, 15) is 14.0 Å². The fourth-order valence-electron chi connectivity index (χ4n) is 3.22. The molecule has 0 saturated carbocycles. The van der Waals surface area contributed by atoms with Gasteiger partial charge in [0.1, 0.15) is 11.5 Å². The van der Waals surface area contributed by atoms with Gasteiger partial charge in [0.05, 0.1) is 6.61 Å². The first-order valence-electron chi connectivity index (χ1n) is 8.50. The zero-order valence-corrected chi connectivity index (χ0v) is 14.4. The first-order chi connectivity index (χ1) is 12.0. The lowest BCUT2D eigenvalue weighted by Gasteiger charge is -2.31. The van der Waals surface area contributed by atoms with Crippen LogP contribution in [0.1, 0.15) is 35.8 Å². The predicted molar refractivity (Wildman–Crippen MR) is 92.1 cm³/mol. The number of piperidine rings is 1. The molecule has 3 rings (SSSR count). The molecule has 1 saturated heterocycles. The van der Waals surface area contributed by atoms with Crippen molar-refractivity contribution in [3.63, 3.8) is 0 Å². The average molecular weight is 347 g/mol. The second-order valence-electron chi connectivity index (χ2n) is 6.25. The molecule has 6 nitrogen and oxygen atoms in total. The molecule has 2 heterocycles. The number of benzene rings is 1. The van der Waals surface area contributed by atoms with Crippen LogP contribution in [0.25, 0.3) is 10.9 Å². The number of aromatic amines is 1. The third kappa shape index (κ3) is 3.60. The number of likely N-dealkylation sites (tertiary alicyclic amines) is 1. The number of nitrogens with one attached hydrogen (secondary N) is 2. The maximum absolute atomic E-state index is 13.3. The smallest absolute Gasteiger partial charge is 0.409 e. The summed E-state index contributed by atoms with van der Waals surface area (Å²) in [5.41, 5.74) is 1.87. The quantitative estimate of drug-likeness (QED) is 0.896. The number of amides is 2. The fourth-order valence-corrected chi connectivity index (χ4v) is 3.22. The highest BCUT2D eigenvalue weighted by atomic mass is 19.1. The molecule has 1 fully saturated rings. The van der Waals surface area contributed by atoms with Gasteiger partial charge in [-0.15, -0.1) is 0 Å². The molecule has 25 heavy (non-hydrogen) atoms. The molecule has 134 valence electrons. The Kier molecular flexibility index (Phi) is 4.92. The lowest BCUT2D eigenvalue weighted by Crippen LogP contribution is -2.46. The second-order valence-corrected chi connectivity index (χ2v) is 6.25. The van der Waals surface area contributed by atoms with Crippen LogP contribution in [0, 0.1) is 12.7 Å².